The summed E-state index contributed by atoms with van der Waals surface area (Å²) in [7, 11) is 1.51. The van der Waals surface area contributed by atoms with Crippen LogP contribution in [0.25, 0.3) is 0 Å². The van der Waals surface area contributed by atoms with Gasteiger partial charge in [-0.05, 0) is 19.1 Å². The Morgan fingerprint density at radius 2 is 2.04 bits per heavy atom. The van der Waals surface area contributed by atoms with Crippen molar-refractivity contribution < 1.29 is 23.6 Å². The molecule has 0 saturated carbocycles. The number of nitrogens with zero attached hydrogens (tertiary/aromatic N) is 2. The van der Waals surface area contributed by atoms with Crippen LogP contribution in [0.2, 0.25) is 0 Å². The van der Waals surface area contributed by atoms with Crippen LogP contribution in [0.15, 0.2) is 34.9 Å². The molecule has 8 heteroatoms. The van der Waals surface area contributed by atoms with E-state index in [0.717, 1.165) is 5.69 Å². The van der Waals surface area contributed by atoms with Crippen LogP contribution in [-0.4, -0.2) is 54.8 Å². The van der Waals surface area contributed by atoms with Crippen LogP contribution in [-0.2, 0) is 16.1 Å². The fourth-order valence-electron chi connectivity index (χ4n) is 3.14. The maximum atomic E-state index is 12.6. The van der Waals surface area contributed by atoms with Crippen molar-refractivity contribution in [3.05, 3.63) is 47.3 Å². The summed E-state index contributed by atoms with van der Waals surface area (Å²) in [5.74, 6) is 0.883. The van der Waals surface area contributed by atoms with Crippen molar-refractivity contribution in [1.82, 2.24) is 15.4 Å². The van der Waals surface area contributed by atoms with E-state index in [2.05, 4.69) is 10.5 Å². The Balaban J connectivity index is 1.56. The maximum absolute atomic E-state index is 12.6. The van der Waals surface area contributed by atoms with Crippen molar-refractivity contribution >= 4 is 11.8 Å². The molecule has 0 spiro atoms. The fourth-order valence-corrected chi connectivity index (χ4v) is 3.14. The van der Waals surface area contributed by atoms with E-state index in [4.69, 9.17) is 14.0 Å². The number of benzene rings is 1. The van der Waals surface area contributed by atoms with Crippen molar-refractivity contribution in [1.29, 1.82) is 0 Å². The zero-order chi connectivity index (χ0) is 19.9. The average molecular weight is 387 g/mol. The highest BCUT2D eigenvalue weighted by molar-refractivity contribution is 5.96. The lowest BCUT2D eigenvalue weighted by Crippen LogP contribution is -2.43. The minimum absolute atomic E-state index is 0.0108. The minimum atomic E-state index is -0.239. The first-order valence-corrected chi connectivity index (χ1v) is 9.29. The topological polar surface area (TPSA) is 93.9 Å². The van der Waals surface area contributed by atoms with E-state index in [1.807, 2.05) is 13.0 Å². The Labute approximate surface area is 163 Å². The van der Waals surface area contributed by atoms with Gasteiger partial charge in [-0.3, -0.25) is 9.59 Å². The fraction of sp³-hybridized carbons (Fsp3) is 0.450. The van der Waals surface area contributed by atoms with Crippen molar-refractivity contribution in [2.75, 3.05) is 26.8 Å². The Morgan fingerprint density at radius 3 is 2.71 bits per heavy atom. The zero-order valence-electron chi connectivity index (χ0n) is 16.1. The summed E-state index contributed by atoms with van der Waals surface area (Å²) in [6.45, 7) is 3.41. The molecule has 1 saturated heterocycles. The van der Waals surface area contributed by atoms with E-state index in [1.165, 1.54) is 7.11 Å². The number of aromatic nitrogens is 1. The highest BCUT2D eigenvalue weighted by Crippen LogP contribution is 2.23. The number of rotatable bonds is 7. The molecule has 1 aromatic heterocycles. The van der Waals surface area contributed by atoms with Gasteiger partial charge in [0.1, 0.15) is 18.5 Å². The van der Waals surface area contributed by atoms with Crippen LogP contribution in [0.5, 0.6) is 5.75 Å². The Hall–Kier alpha value is -2.87. The first-order valence-electron chi connectivity index (χ1n) is 9.29. The lowest BCUT2D eigenvalue weighted by molar-refractivity contribution is -0.136. The molecule has 150 valence electrons. The van der Waals surface area contributed by atoms with Gasteiger partial charge in [-0.25, -0.2) is 0 Å². The first-order chi connectivity index (χ1) is 13.6. The number of piperidine rings is 1. The Kier molecular flexibility index (Phi) is 6.65. The van der Waals surface area contributed by atoms with Crippen molar-refractivity contribution in [2.45, 2.75) is 32.4 Å². The van der Waals surface area contributed by atoms with Gasteiger partial charge in [-0.1, -0.05) is 17.3 Å². The van der Waals surface area contributed by atoms with Gasteiger partial charge in [0.25, 0.3) is 5.91 Å². The third kappa shape index (κ3) is 5.10. The van der Waals surface area contributed by atoms with Gasteiger partial charge in [0, 0.05) is 39.1 Å². The number of nitrogens with one attached hydrogen (secondary N) is 1. The molecule has 1 aromatic carbocycles. The van der Waals surface area contributed by atoms with Crippen LogP contribution in [0.4, 0.5) is 0 Å². The van der Waals surface area contributed by atoms with Gasteiger partial charge in [-0.15, -0.1) is 0 Å². The molecule has 0 unspecified atom stereocenters. The van der Waals surface area contributed by atoms with E-state index in [-0.39, 0.29) is 31.1 Å². The standard InChI is InChI=1S/C20H25N3O5/c1-14-11-16(28-22-14)12-21-20(25)17-5-3-4-6-18(17)27-15-7-9-23(10-8-15)19(24)13-26-2/h3-6,11,15H,7-10,12-13H2,1-2H3,(H,21,25). The quantitative estimate of drug-likeness (QED) is 0.780. The van der Waals surface area contributed by atoms with Gasteiger partial charge in [0.2, 0.25) is 5.91 Å². The Morgan fingerprint density at radius 1 is 1.29 bits per heavy atom. The van der Waals surface area contributed by atoms with Crippen LogP contribution in [0.3, 0.4) is 0 Å². The van der Waals surface area contributed by atoms with Crippen molar-refractivity contribution in [3.63, 3.8) is 0 Å². The summed E-state index contributed by atoms with van der Waals surface area (Å²) in [4.78, 5) is 26.3. The summed E-state index contributed by atoms with van der Waals surface area (Å²) >= 11 is 0. The third-order valence-electron chi connectivity index (χ3n) is 4.59. The molecule has 2 amide bonds. The predicted octanol–water partition coefficient (Wildman–Crippen LogP) is 1.93. The number of amides is 2. The second-order valence-corrected chi connectivity index (χ2v) is 6.74. The predicted molar refractivity (Wildman–Crippen MR) is 101 cm³/mol. The van der Waals surface area contributed by atoms with E-state index in [0.29, 0.717) is 43.0 Å². The minimum Gasteiger partial charge on any atom is -0.489 e. The number of carbonyl (C=O) groups excluding carboxylic acids is 2. The lowest BCUT2D eigenvalue weighted by atomic mass is 10.1. The van der Waals surface area contributed by atoms with Crippen LogP contribution in [0.1, 0.15) is 34.7 Å². The summed E-state index contributed by atoms with van der Waals surface area (Å²) < 4.78 is 16.1. The lowest BCUT2D eigenvalue weighted by Gasteiger charge is -2.32. The summed E-state index contributed by atoms with van der Waals surface area (Å²) in [6.07, 6.45) is 1.38. The van der Waals surface area contributed by atoms with E-state index >= 15 is 0 Å². The molecular weight excluding hydrogens is 362 g/mol. The SMILES string of the molecule is COCC(=O)N1CCC(Oc2ccccc2C(=O)NCc2cc(C)no2)CC1. The average Bonchev–Trinajstić information content (AvgIpc) is 3.12. The summed E-state index contributed by atoms with van der Waals surface area (Å²) in [6, 6.07) is 8.93. The molecule has 8 nitrogen and oxygen atoms in total. The molecule has 0 atom stereocenters. The molecule has 1 fully saturated rings. The molecule has 2 aromatic rings. The number of hydrogen-bond acceptors (Lipinski definition) is 6. The van der Waals surface area contributed by atoms with E-state index < -0.39 is 0 Å². The number of ether oxygens (including phenoxy) is 2. The molecule has 2 heterocycles. The van der Waals surface area contributed by atoms with E-state index in [9.17, 15) is 9.59 Å². The second kappa shape index (κ2) is 9.36. The zero-order valence-corrected chi connectivity index (χ0v) is 16.1. The molecular formula is C20H25N3O5. The highest BCUT2D eigenvalue weighted by Gasteiger charge is 2.25. The van der Waals surface area contributed by atoms with Gasteiger partial charge >= 0.3 is 0 Å². The normalized spacial score (nSPS) is 14.7. The van der Waals surface area contributed by atoms with E-state index in [1.54, 1.807) is 29.2 Å². The van der Waals surface area contributed by atoms with Crippen molar-refractivity contribution in [2.24, 2.45) is 0 Å². The van der Waals surface area contributed by atoms with Gasteiger partial charge in [0.15, 0.2) is 5.76 Å². The highest BCUT2D eigenvalue weighted by atomic mass is 16.5. The molecule has 28 heavy (non-hydrogen) atoms. The number of aryl methyl sites for hydroxylation is 1. The maximum Gasteiger partial charge on any atom is 0.255 e. The molecule has 1 aliphatic rings. The number of carbonyl (C=O) groups is 2. The molecule has 0 aliphatic carbocycles. The molecule has 1 aliphatic heterocycles. The van der Waals surface area contributed by atoms with Crippen LogP contribution in [0, 0.1) is 6.92 Å². The first kappa shape index (κ1) is 19.9. The van der Waals surface area contributed by atoms with Crippen molar-refractivity contribution in [3.8, 4) is 5.75 Å². The van der Waals surface area contributed by atoms with Crippen LogP contribution < -0.4 is 10.1 Å². The number of para-hydroxylation sites is 1. The smallest absolute Gasteiger partial charge is 0.255 e. The number of hydrogen-bond donors (Lipinski definition) is 1. The summed E-state index contributed by atoms with van der Waals surface area (Å²) in [5, 5.41) is 6.63. The van der Waals surface area contributed by atoms with Crippen LogP contribution >= 0.6 is 0 Å². The van der Waals surface area contributed by atoms with Gasteiger partial charge in [0.05, 0.1) is 17.8 Å². The molecule has 1 N–H and O–H groups in total. The second-order valence-electron chi connectivity index (χ2n) is 6.74. The largest absolute Gasteiger partial charge is 0.489 e. The Bertz CT molecular complexity index is 812. The monoisotopic (exact) mass is 387 g/mol. The molecule has 0 bridgehead atoms. The molecule has 0 radical (unpaired) electrons. The summed E-state index contributed by atoms with van der Waals surface area (Å²) in [5.41, 5.74) is 1.24. The van der Waals surface area contributed by atoms with Gasteiger partial charge < -0.3 is 24.2 Å². The number of methoxy groups -OCH3 is 1. The molecule has 3 rings (SSSR count). The number of likely N-dealkylation sites (tertiary alicyclic amines) is 1. The third-order valence-corrected chi connectivity index (χ3v) is 4.59. The van der Waals surface area contributed by atoms with Gasteiger partial charge in [-0.2, -0.15) is 0 Å².